The lowest BCUT2D eigenvalue weighted by atomic mass is 10.1. The van der Waals surface area contributed by atoms with Crippen LogP contribution in [0.2, 0.25) is 0 Å². The Balaban J connectivity index is 2.03. The van der Waals surface area contributed by atoms with E-state index >= 15 is 0 Å². The first kappa shape index (κ1) is 17.4. The zero-order valence-corrected chi connectivity index (χ0v) is 14.6. The molecule has 1 aromatic carbocycles. The van der Waals surface area contributed by atoms with E-state index in [4.69, 9.17) is 4.74 Å². The van der Waals surface area contributed by atoms with Gasteiger partial charge in [-0.25, -0.2) is 9.37 Å². The van der Waals surface area contributed by atoms with Gasteiger partial charge in [-0.15, -0.1) is 0 Å². The number of rotatable bonds is 5. The number of halogens is 1. The van der Waals surface area contributed by atoms with E-state index in [2.05, 4.69) is 16.9 Å². The summed E-state index contributed by atoms with van der Waals surface area (Å²) in [6.07, 6.45) is 1.83. The summed E-state index contributed by atoms with van der Waals surface area (Å²) in [6, 6.07) is 3.77. The number of anilines is 2. The number of imidazole rings is 1. The monoisotopic (exact) mass is 346 g/mol. The minimum absolute atomic E-state index is 0.288. The van der Waals surface area contributed by atoms with Gasteiger partial charge in [0.05, 0.1) is 24.2 Å². The van der Waals surface area contributed by atoms with Gasteiger partial charge in [-0.2, -0.15) is 0 Å². The number of hydrogen-bond acceptors (Lipinski definition) is 4. The van der Waals surface area contributed by atoms with Crippen molar-refractivity contribution in [2.24, 2.45) is 7.05 Å². The zero-order chi connectivity index (χ0) is 18.0. The molecule has 1 N–H and O–H groups in total. The molecular weight excluding hydrogens is 323 g/mol. The van der Waals surface area contributed by atoms with Crippen molar-refractivity contribution in [1.82, 2.24) is 9.55 Å². The SMILES string of the molecule is C=CC(=O)Nc1cc2nc(N3CCCC(F)C3)n(C)c2cc1COC. The number of aromatic nitrogens is 2. The molecule has 0 saturated carbocycles. The van der Waals surface area contributed by atoms with Crippen molar-refractivity contribution < 1.29 is 13.9 Å². The Morgan fingerprint density at radius 1 is 1.56 bits per heavy atom. The van der Waals surface area contributed by atoms with Crippen LogP contribution in [-0.2, 0) is 23.2 Å². The summed E-state index contributed by atoms with van der Waals surface area (Å²) in [7, 11) is 3.53. The number of alkyl halides is 1. The molecule has 1 fully saturated rings. The van der Waals surface area contributed by atoms with E-state index in [9.17, 15) is 9.18 Å². The predicted molar refractivity (Wildman–Crippen MR) is 96.6 cm³/mol. The molecule has 3 rings (SSSR count). The molecule has 1 saturated heterocycles. The van der Waals surface area contributed by atoms with E-state index in [1.165, 1.54) is 6.08 Å². The quantitative estimate of drug-likeness (QED) is 0.846. The Bertz CT molecular complexity index is 802. The van der Waals surface area contributed by atoms with Gasteiger partial charge in [0.25, 0.3) is 0 Å². The van der Waals surface area contributed by atoms with Crippen LogP contribution in [0.4, 0.5) is 16.0 Å². The van der Waals surface area contributed by atoms with Crippen LogP contribution in [0, 0.1) is 0 Å². The highest BCUT2D eigenvalue weighted by Gasteiger charge is 2.23. The standard InChI is InChI=1S/C18H23FN4O2/c1-4-17(24)20-14-9-15-16(8-12(14)11-25-3)22(2)18(21-15)23-7-5-6-13(19)10-23/h4,8-9,13H,1,5-7,10-11H2,2-3H3,(H,20,24). The maximum atomic E-state index is 13.8. The highest BCUT2D eigenvalue weighted by molar-refractivity contribution is 6.01. The molecule has 25 heavy (non-hydrogen) atoms. The number of nitrogens with one attached hydrogen (secondary N) is 1. The lowest BCUT2D eigenvalue weighted by Crippen LogP contribution is -2.37. The van der Waals surface area contributed by atoms with Crippen LogP contribution >= 0.6 is 0 Å². The number of benzene rings is 1. The molecule has 2 aromatic rings. The Labute approximate surface area is 146 Å². The molecule has 6 nitrogen and oxygen atoms in total. The highest BCUT2D eigenvalue weighted by atomic mass is 19.1. The first-order chi connectivity index (χ1) is 12.0. The summed E-state index contributed by atoms with van der Waals surface area (Å²) in [6.45, 7) is 4.99. The molecule has 0 spiro atoms. The molecule has 2 heterocycles. The molecule has 1 aliphatic rings. The number of aryl methyl sites for hydroxylation is 1. The summed E-state index contributed by atoms with van der Waals surface area (Å²) in [5.74, 6) is 0.456. The fourth-order valence-corrected chi connectivity index (χ4v) is 3.23. The largest absolute Gasteiger partial charge is 0.380 e. The Kier molecular flexibility index (Phi) is 5.03. The van der Waals surface area contributed by atoms with Crippen LogP contribution in [0.5, 0.6) is 0 Å². The number of hydrogen-bond donors (Lipinski definition) is 1. The van der Waals surface area contributed by atoms with Crippen LogP contribution < -0.4 is 10.2 Å². The number of ether oxygens (including phenoxy) is 1. The second kappa shape index (κ2) is 7.23. The van der Waals surface area contributed by atoms with Gasteiger partial charge in [0.1, 0.15) is 6.17 Å². The van der Waals surface area contributed by atoms with E-state index in [1.54, 1.807) is 7.11 Å². The Morgan fingerprint density at radius 3 is 3.04 bits per heavy atom. The van der Waals surface area contributed by atoms with Gasteiger partial charge in [-0.1, -0.05) is 6.58 Å². The summed E-state index contributed by atoms with van der Waals surface area (Å²) in [5.41, 5.74) is 3.16. The third-order valence-corrected chi connectivity index (χ3v) is 4.47. The zero-order valence-electron chi connectivity index (χ0n) is 14.6. The molecule has 1 amide bonds. The lowest BCUT2D eigenvalue weighted by molar-refractivity contribution is -0.111. The first-order valence-corrected chi connectivity index (χ1v) is 8.34. The van der Waals surface area contributed by atoms with Crippen LogP contribution in [0.25, 0.3) is 11.0 Å². The molecule has 0 aliphatic carbocycles. The number of fused-ring (bicyclic) bond motifs is 1. The molecule has 0 radical (unpaired) electrons. The predicted octanol–water partition coefficient (Wildman–Crippen LogP) is 2.78. The van der Waals surface area contributed by atoms with Gasteiger partial charge in [-0.3, -0.25) is 4.79 Å². The van der Waals surface area contributed by atoms with E-state index in [1.807, 2.05) is 28.6 Å². The second-order valence-corrected chi connectivity index (χ2v) is 6.28. The summed E-state index contributed by atoms with van der Waals surface area (Å²) in [4.78, 5) is 18.3. The number of carbonyl (C=O) groups excluding carboxylic acids is 1. The van der Waals surface area contributed by atoms with Gasteiger partial charge in [0.15, 0.2) is 0 Å². The van der Waals surface area contributed by atoms with Gasteiger partial charge in [-0.05, 0) is 31.1 Å². The number of amides is 1. The van der Waals surface area contributed by atoms with E-state index < -0.39 is 6.17 Å². The van der Waals surface area contributed by atoms with Crippen LogP contribution in [-0.4, -0.2) is 41.8 Å². The second-order valence-electron chi connectivity index (χ2n) is 6.28. The maximum absolute atomic E-state index is 13.8. The number of methoxy groups -OCH3 is 1. The molecule has 1 aromatic heterocycles. The molecule has 7 heteroatoms. The van der Waals surface area contributed by atoms with Gasteiger partial charge in [0.2, 0.25) is 11.9 Å². The van der Waals surface area contributed by atoms with Crippen molar-refractivity contribution in [3.63, 3.8) is 0 Å². The normalized spacial score (nSPS) is 17.7. The van der Waals surface area contributed by atoms with Crippen molar-refractivity contribution in [3.05, 3.63) is 30.4 Å². The molecule has 1 aliphatic heterocycles. The average Bonchev–Trinajstić information content (AvgIpc) is 2.91. The maximum Gasteiger partial charge on any atom is 0.247 e. The third-order valence-electron chi connectivity index (χ3n) is 4.47. The molecule has 0 bridgehead atoms. The van der Waals surface area contributed by atoms with Crippen LogP contribution in [0.15, 0.2) is 24.8 Å². The fraction of sp³-hybridized carbons (Fsp3) is 0.444. The highest BCUT2D eigenvalue weighted by Crippen LogP contribution is 2.29. The van der Waals surface area contributed by atoms with Crippen molar-refractivity contribution in [3.8, 4) is 0 Å². The number of carbonyl (C=O) groups is 1. The van der Waals surface area contributed by atoms with Gasteiger partial charge in [0, 0.05) is 32.0 Å². The summed E-state index contributed by atoms with van der Waals surface area (Å²) < 4.78 is 21.0. The van der Waals surface area contributed by atoms with Crippen molar-refractivity contribution in [2.45, 2.75) is 25.6 Å². The number of nitrogens with zero attached hydrogens (tertiary/aromatic N) is 3. The Morgan fingerprint density at radius 2 is 2.36 bits per heavy atom. The first-order valence-electron chi connectivity index (χ1n) is 8.34. The Hall–Kier alpha value is -2.41. The molecule has 134 valence electrons. The molecule has 1 unspecified atom stereocenters. The van der Waals surface area contributed by atoms with E-state index in [0.29, 0.717) is 25.3 Å². The summed E-state index contributed by atoms with van der Waals surface area (Å²) in [5, 5.41) is 2.79. The number of piperidine rings is 1. The third kappa shape index (κ3) is 3.51. The fourth-order valence-electron chi connectivity index (χ4n) is 3.23. The van der Waals surface area contributed by atoms with E-state index in [0.717, 1.165) is 35.5 Å². The van der Waals surface area contributed by atoms with Gasteiger partial charge < -0.3 is 19.5 Å². The average molecular weight is 346 g/mol. The van der Waals surface area contributed by atoms with Crippen molar-refractivity contribution >= 4 is 28.6 Å². The molecular formula is C18H23FN4O2. The topological polar surface area (TPSA) is 59.4 Å². The lowest BCUT2D eigenvalue weighted by Gasteiger charge is -2.29. The van der Waals surface area contributed by atoms with Gasteiger partial charge >= 0.3 is 0 Å². The molecule has 1 atom stereocenters. The van der Waals surface area contributed by atoms with E-state index in [-0.39, 0.29) is 5.91 Å². The van der Waals surface area contributed by atoms with Crippen LogP contribution in [0.1, 0.15) is 18.4 Å². The van der Waals surface area contributed by atoms with Crippen molar-refractivity contribution in [1.29, 1.82) is 0 Å². The summed E-state index contributed by atoms with van der Waals surface area (Å²) >= 11 is 0. The minimum atomic E-state index is -0.819. The smallest absolute Gasteiger partial charge is 0.247 e. The van der Waals surface area contributed by atoms with Crippen molar-refractivity contribution in [2.75, 3.05) is 30.4 Å². The minimum Gasteiger partial charge on any atom is -0.380 e. The van der Waals surface area contributed by atoms with Crippen LogP contribution in [0.3, 0.4) is 0 Å².